The minimum Gasteiger partial charge on any atom is -0.481 e. The molecule has 28 heavy (non-hydrogen) atoms. The average Bonchev–Trinajstić information content (AvgIpc) is 3.23. The molecule has 1 atom stereocenters. The van der Waals surface area contributed by atoms with Gasteiger partial charge in [-0.25, -0.2) is 4.98 Å². The van der Waals surface area contributed by atoms with E-state index in [4.69, 9.17) is 16.6 Å². The Morgan fingerprint density at radius 3 is 2.75 bits per heavy atom. The molecule has 0 fully saturated rings. The minimum absolute atomic E-state index is 0.318. The molecule has 4 rings (SSSR count). The van der Waals surface area contributed by atoms with E-state index in [1.165, 1.54) is 38.9 Å². The van der Waals surface area contributed by atoms with Crippen LogP contribution in [0.3, 0.4) is 0 Å². The first kappa shape index (κ1) is 19.4. The number of aryl methyl sites for hydroxylation is 3. The number of carboxylic acids is 1. The Labute approximate surface area is 174 Å². The third-order valence-electron chi connectivity index (χ3n) is 5.78. The van der Waals surface area contributed by atoms with Crippen molar-refractivity contribution >= 4 is 39.1 Å². The predicted molar refractivity (Wildman–Crippen MR) is 117 cm³/mol. The lowest BCUT2D eigenvalue weighted by Gasteiger charge is -2.16. The molecule has 1 aliphatic carbocycles. The number of thiophene rings is 1. The molecule has 3 nitrogen and oxygen atoms in total. The summed E-state index contributed by atoms with van der Waals surface area (Å²) in [4.78, 5) is 18.7. The number of carboxylic acid groups (broad SMARTS) is 1. The smallest absolute Gasteiger partial charge is 0.306 e. The highest BCUT2D eigenvalue weighted by molar-refractivity contribution is 7.19. The Morgan fingerprint density at radius 1 is 1.29 bits per heavy atom. The summed E-state index contributed by atoms with van der Waals surface area (Å²) in [5, 5.41) is 11.2. The van der Waals surface area contributed by atoms with Gasteiger partial charge in [-0.15, -0.1) is 11.3 Å². The maximum atomic E-state index is 11.2. The van der Waals surface area contributed by atoms with Crippen LogP contribution in [-0.2, 0) is 24.1 Å². The molecule has 1 aliphatic rings. The van der Waals surface area contributed by atoms with Gasteiger partial charge >= 0.3 is 5.97 Å². The number of rotatable bonds is 6. The fourth-order valence-corrected chi connectivity index (χ4v) is 5.67. The molecule has 1 aromatic carbocycles. The Morgan fingerprint density at radius 2 is 2.04 bits per heavy atom. The summed E-state index contributed by atoms with van der Waals surface area (Å²) in [5.74, 6) is -1.04. The van der Waals surface area contributed by atoms with E-state index in [9.17, 15) is 9.90 Å². The van der Waals surface area contributed by atoms with E-state index >= 15 is 0 Å². The molecular weight excluding hydrogens is 390 g/mol. The number of fused-ring (bicyclic) bond motifs is 3. The molecule has 1 N–H and O–H groups in total. The first-order valence-electron chi connectivity index (χ1n) is 9.88. The lowest BCUT2D eigenvalue weighted by atomic mass is 9.90. The van der Waals surface area contributed by atoms with Crippen LogP contribution in [0, 0.1) is 12.8 Å². The summed E-state index contributed by atoms with van der Waals surface area (Å²) in [7, 11) is 0. The average molecular weight is 414 g/mol. The van der Waals surface area contributed by atoms with E-state index in [1.54, 1.807) is 6.92 Å². The van der Waals surface area contributed by atoms with Crippen LogP contribution < -0.4 is 0 Å². The van der Waals surface area contributed by atoms with E-state index in [0.717, 1.165) is 41.2 Å². The maximum absolute atomic E-state index is 11.2. The van der Waals surface area contributed by atoms with Crippen molar-refractivity contribution in [2.75, 3.05) is 0 Å². The zero-order valence-corrected chi connectivity index (χ0v) is 17.8. The quantitative estimate of drug-likeness (QED) is 0.504. The monoisotopic (exact) mass is 413 g/mol. The van der Waals surface area contributed by atoms with Crippen LogP contribution in [0.1, 0.15) is 47.9 Å². The second-order valence-corrected chi connectivity index (χ2v) is 9.25. The topological polar surface area (TPSA) is 50.2 Å². The fraction of sp³-hybridized carbons (Fsp3) is 0.391. The van der Waals surface area contributed by atoms with Gasteiger partial charge in [0.05, 0.1) is 5.92 Å². The third-order valence-corrected chi connectivity index (χ3v) is 7.22. The normalized spacial score (nSPS) is 14.4. The number of carbonyl (C=O) groups is 1. The van der Waals surface area contributed by atoms with E-state index in [2.05, 4.69) is 19.1 Å². The van der Waals surface area contributed by atoms with Crippen molar-refractivity contribution in [2.24, 2.45) is 5.92 Å². The number of halogens is 1. The van der Waals surface area contributed by atoms with Crippen LogP contribution in [-0.4, -0.2) is 16.1 Å². The van der Waals surface area contributed by atoms with Crippen molar-refractivity contribution in [1.29, 1.82) is 0 Å². The van der Waals surface area contributed by atoms with Crippen LogP contribution >= 0.6 is 22.9 Å². The highest BCUT2D eigenvalue weighted by Gasteiger charge is 2.24. The molecule has 5 heteroatoms. The standard InChI is InChI=1S/C23H24ClNO2S/c1-13(23(26)27)5-3-6-17-14(2)25-22-21(18-7-4-8-19(18)28-22)20(17)15-9-11-16(24)12-10-15/h9-13H,3-8H2,1-2H3,(H,26,27). The Bertz CT molecular complexity index is 1040. The molecule has 0 amide bonds. The number of pyridine rings is 1. The summed E-state index contributed by atoms with van der Waals surface area (Å²) in [5.41, 5.74) is 6.23. The van der Waals surface area contributed by atoms with E-state index < -0.39 is 5.97 Å². The number of aliphatic carboxylic acids is 1. The summed E-state index contributed by atoms with van der Waals surface area (Å²) >= 11 is 7.98. The summed E-state index contributed by atoms with van der Waals surface area (Å²) in [6.45, 7) is 3.86. The first-order chi connectivity index (χ1) is 13.5. The summed E-state index contributed by atoms with van der Waals surface area (Å²) < 4.78 is 0. The Hall–Kier alpha value is -1.91. The van der Waals surface area contributed by atoms with Crippen LogP contribution in [0.25, 0.3) is 21.3 Å². The predicted octanol–water partition coefficient (Wildman–Crippen LogP) is 6.46. The van der Waals surface area contributed by atoms with Crippen LogP contribution in [0.4, 0.5) is 0 Å². The van der Waals surface area contributed by atoms with Gasteiger partial charge in [-0.2, -0.15) is 0 Å². The molecule has 0 saturated heterocycles. The SMILES string of the molecule is Cc1nc2sc3c(c2c(-c2ccc(Cl)cc2)c1CCCC(C)C(=O)O)CCC3. The van der Waals surface area contributed by atoms with Crippen molar-refractivity contribution in [1.82, 2.24) is 4.98 Å². The van der Waals surface area contributed by atoms with Crippen molar-refractivity contribution < 1.29 is 9.90 Å². The largest absolute Gasteiger partial charge is 0.481 e. The molecule has 0 spiro atoms. The third kappa shape index (κ3) is 3.56. The number of hydrogen-bond acceptors (Lipinski definition) is 3. The Balaban J connectivity index is 1.83. The molecule has 146 valence electrons. The van der Waals surface area contributed by atoms with E-state index in [-0.39, 0.29) is 5.92 Å². The van der Waals surface area contributed by atoms with Crippen molar-refractivity contribution in [3.05, 3.63) is 51.0 Å². The summed E-state index contributed by atoms with van der Waals surface area (Å²) in [6, 6.07) is 8.08. The van der Waals surface area contributed by atoms with E-state index in [1.807, 2.05) is 23.5 Å². The molecule has 2 aromatic heterocycles. The van der Waals surface area contributed by atoms with Crippen molar-refractivity contribution in [3.63, 3.8) is 0 Å². The highest BCUT2D eigenvalue weighted by atomic mass is 35.5. The van der Waals surface area contributed by atoms with Crippen molar-refractivity contribution in [3.8, 4) is 11.1 Å². The zero-order chi connectivity index (χ0) is 19.8. The fourth-order valence-electron chi connectivity index (χ4n) is 4.23. The number of hydrogen-bond donors (Lipinski definition) is 1. The lowest BCUT2D eigenvalue weighted by Crippen LogP contribution is -2.10. The molecule has 2 heterocycles. The van der Waals surface area contributed by atoms with Crippen LogP contribution in [0.5, 0.6) is 0 Å². The van der Waals surface area contributed by atoms with Crippen LogP contribution in [0.15, 0.2) is 24.3 Å². The maximum Gasteiger partial charge on any atom is 0.306 e. The van der Waals surface area contributed by atoms with Gasteiger partial charge in [0.25, 0.3) is 0 Å². The van der Waals surface area contributed by atoms with Gasteiger partial charge in [0.1, 0.15) is 4.83 Å². The first-order valence-corrected chi connectivity index (χ1v) is 11.1. The number of nitrogens with zero attached hydrogens (tertiary/aromatic N) is 1. The van der Waals surface area contributed by atoms with Gasteiger partial charge in [0, 0.05) is 21.0 Å². The van der Waals surface area contributed by atoms with Gasteiger partial charge in [-0.3, -0.25) is 4.79 Å². The molecular formula is C23H24ClNO2S. The molecule has 1 unspecified atom stereocenters. The van der Waals surface area contributed by atoms with E-state index in [0.29, 0.717) is 6.42 Å². The van der Waals surface area contributed by atoms with Gasteiger partial charge in [0.15, 0.2) is 0 Å². The number of benzene rings is 1. The van der Waals surface area contributed by atoms with Gasteiger partial charge < -0.3 is 5.11 Å². The minimum atomic E-state index is -0.723. The number of aromatic nitrogens is 1. The molecule has 3 aromatic rings. The second kappa shape index (κ2) is 7.84. The lowest BCUT2D eigenvalue weighted by molar-refractivity contribution is -0.141. The highest BCUT2D eigenvalue weighted by Crippen LogP contribution is 2.44. The van der Waals surface area contributed by atoms with Gasteiger partial charge in [-0.1, -0.05) is 30.7 Å². The van der Waals surface area contributed by atoms with Gasteiger partial charge in [-0.05, 0) is 79.8 Å². The molecule has 0 bridgehead atoms. The van der Waals surface area contributed by atoms with Crippen molar-refractivity contribution in [2.45, 2.75) is 52.4 Å². The molecule has 0 aliphatic heterocycles. The summed E-state index contributed by atoms with van der Waals surface area (Å²) in [6.07, 6.45) is 5.85. The Kier molecular flexibility index (Phi) is 5.44. The second-order valence-electron chi connectivity index (χ2n) is 7.73. The molecule has 0 radical (unpaired) electrons. The van der Waals surface area contributed by atoms with Crippen LogP contribution in [0.2, 0.25) is 5.02 Å². The van der Waals surface area contributed by atoms with Gasteiger partial charge in [0.2, 0.25) is 0 Å². The zero-order valence-electron chi connectivity index (χ0n) is 16.2. The molecule has 0 saturated carbocycles.